The lowest BCUT2D eigenvalue weighted by Crippen LogP contribution is -2.60. The summed E-state index contributed by atoms with van der Waals surface area (Å²) < 4.78 is 5.84. The summed E-state index contributed by atoms with van der Waals surface area (Å²) >= 11 is 0. The first-order valence-electron chi connectivity index (χ1n) is 9.07. The Balaban J connectivity index is 1.53. The molecule has 130 valence electrons. The van der Waals surface area contributed by atoms with Crippen LogP contribution in [0.3, 0.4) is 0 Å². The normalized spacial score (nSPS) is 28.4. The molecule has 4 heteroatoms. The quantitative estimate of drug-likeness (QED) is 0.793. The standard InChI is InChI=1S/C20H29N3O/c1-19(2)17-20(21-3,10-16-24-19)23-14-12-22(13-15-23)11-9-18-7-5-4-6-8-18/h4-8H,9-17H2,1-2H3. The maximum atomic E-state index is 7.82. The van der Waals surface area contributed by atoms with Crippen LogP contribution in [0, 0.1) is 6.57 Å². The van der Waals surface area contributed by atoms with Crippen LogP contribution in [-0.4, -0.2) is 60.4 Å². The van der Waals surface area contributed by atoms with Crippen molar-refractivity contribution in [1.29, 1.82) is 0 Å². The summed E-state index contributed by atoms with van der Waals surface area (Å²) in [4.78, 5) is 9.05. The minimum atomic E-state index is -0.354. The Morgan fingerprint density at radius 3 is 2.46 bits per heavy atom. The Hall–Kier alpha value is -1.41. The van der Waals surface area contributed by atoms with Crippen molar-refractivity contribution in [3.05, 3.63) is 47.3 Å². The summed E-state index contributed by atoms with van der Waals surface area (Å²) in [7, 11) is 0. The lowest BCUT2D eigenvalue weighted by Gasteiger charge is -2.45. The van der Waals surface area contributed by atoms with Crippen molar-refractivity contribution >= 4 is 0 Å². The van der Waals surface area contributed by atoms with Crippen molar-refractivity contribution in [3.8, 4) is 0 Å². The minimum Gasteiger partial charge on any atom is -0.375 e. The minimum absolute atomic E-state index is 0.187. The zero-order chi connectivity index (χ0) is 17.0. The van der Waals surface area contributed by atoms with Gasteiger partial charge in [-0.25, -0.2) is 11.5 Å². The molecule has 2 saturated heterocycles. The first kappa shape index (κ1) is 17.4. The number of piperazine rings is 1. The predicted molar refractivity (Wildman–Crippen MR) is 96.8 cm³/mol. The molecule has 2 fully saturated rings. The highest BCUT2D eigenvalue weighted by atomic mass is 16.5. The van der Waals surface area contributed by atoms with E-state index in [-0.39, 0.29) is 11.3 Å². The molecule has 1 aromatic rings. The molecule has 0 aliphatic carbocycles. The highest BCUT2D eigenvalue weighted by Gasteiger charge is 2.51. The van der Waals surface area contributed by atoms with Gasteiger partial charge in [-0.05, 0) is 25.8 Å². The van der Waals surface area contributed by atoms with Crippen LogP contribution in [0.2, 0.25) is 0 Å². The molecule has 2 aliphatic rings. The van der Waals surface area contributed by atoms with Gasteiger partial charge in [0.15, 0.2) is 0 Å². The Morgan fingerprint density at radius 2 is 1.83 bits per heavy atom. The van der Waals surface area contributed by atoms with Gasteiger partial charge in [0.05, 0.1) is 25.0 Å². The zero-order valence-corrected chi connectivity index (χ0v) is 15.0. The van der Waals surface area contributed by atoms with E-state index in [2.05, 4.69) is 58.8 Å². The second-order valence-electron chi connectivity index (χ2n) is 7.69. The molecule has 0 aromatic heterocycles. The topological polar surface area (TPSA) is 20.1 Å². The van der Waals surface area contributed by atoms with Gasteiger partial charge >= 0.3 is 0 Å². The lowest BCUT2D eigenvalue weighted by molar-refractivity contribution is -0.112. The third-order valence-corrected chi connectivity index (χ3v) is 5.43. The average Bonchev–Trinajstić information content (AvgIpc) is 2.60. The van der Waals surface area contributed by atoms with Crippen molar-refractivity contribution in [2.75, 3.05) is 39.3 Å². The van der Waals surface area contributed by atoms with Crippen LogP contribution in [0.4, 0.5) is 0 Å². The third-order valence-electron chi connectivity index (χ3n) is 5.43. The second-order valence-corrected chi connectivity index (χ2v) is 7.69. The van der Waals surface area contributed by atoms with E-state index in [9.17, 15) is 0 Å². The maximum absolute atomic E-state index is 7.82. The number of nitrogens with zero attached hydrogens (tertiary/aromatic N) is 3. The first-order chi connectivity index (χ1) is 11.5. The number of ether oxygens (including phenoxy) is 1. The molecule has 2 aliphatic heterocycles. The maximum Gasteiger partial charge on any atom is 0.293 e. The molecule has 24 heavy (non-hydrogen) atoms. The fraction of sp³-hybridized carbons (Fsp3) is 0.650. The Morgan fingerprint density at radius 1 is 1.12 bits per heavy atom. The highest BCUT2D eigenvalue weighted by Crippen LogP contribution is 2.38. The molecular formula is C20H29N3O. The van der Waals surface area contributed by atoms with E-state index in [1.807, 2.05) is 0 Å². The van der Waals surface area contributed by atoms with Crippen molar-refractivity contribution < 1.29 is 4.74 Å². The van der Waals surface area contributed by atoms with Gasteiger partial charge in [0.2, 0.25) is 0 Å². The number of rotatable bonds is 4. The van der Waals surface area contributed by atoms with E-state index < -0.39 is 0 Å². The Kier molecular flexibility index (Phi) is 5.24. The van der Waals surface area contributed by atoms with Crippen LogP contribution >= 0.6 is 0 Å². The van der Waals surface area contributed by atoms with Crippen molar-refractivity contribution in [2.45, 2.75) is 44.4 Å². The van der Waals surface area contributed by atoms with Crippen LogP contribution in [0.25, 0.3) is 4.85 Å². The summed E-state index contributed by atoms with van der Waals surface area (Å²) in [6.07, 6.45) is 2.76. The summed E-state index contributed by atoms with van der Waals surface area (Å²) in [5.74, 6) is 0. The van der Waals surface area contributed by atoms with Gasteiger partial charge in [0.1, 0.15) is 0 Å². The molecule has 0 spiro atoms. The fourth-order valence-corrected chi connectivity index (χ4v) is 4.07. The van der Waals surface area contributed by atoms with E-state index in [1.54, 1.807) is 0 Å². The molecule has 0 bridgehead atoms. The summed E-state index contributed by atoms with van der Waals surface area (Å²) in [5.41, 5.74) is 0.865. The molecule has 1 unspecified atom stereocenters. The molecule has 0 saturated carbocycles. The predicted octanol–water partition coefficient (Wildman–Crippen LogP) is 3.05. The number of hydrogen-bond acceptors (Lipinski definition) is 3. The fourth-order valence-electron chi connectivity index (χ4n) is 4.07. The molecule has 0 amide bonds. The van der Waals surface area contributed by atoms with Crippen LogP contribution in [0.15, 0.2) is 30.3 Å². The van der Waals surface area contributed by atoms with Crippen molar-refractivity contribution in [2.24, 2.45) is 0 Å². The molecule has 2 heterocycles. The van der Waals surface area contributed by atoms with Crippen LogP contribution in [0.5, 0.6) is 0 Å². The van der Waals surface area contributed by atoms with E-state index in [1.165, 1.54) is 5.56 Å². The van der Waals surface area contributed by atoms with Gasteiger partial charge < -0.3 is 9.64 Å². The Bertz CT molecular complexity index is 572. The van der Waals surface area contributed by atoms with Gasteiger partial charge in [0.25, 0.3) is 5.66 Å². The molecule has 1 atom stereocenters. The van der Waals surface area contributed by atoms with Crippen molar-refractivity contribution in [1.82, 2.24) is 9.80 Å². The molecular weight excluding hydrogens is 298 g/mol. The average molecular weight is 327 g/mol. The van der Waals surface area contributed by atoms with Gasteiger partial charge in [-0.3, -0.25) is 4.85 Å². The molecule has 0 N–H and O–H groups in total. The lowest BCUT2D eigenvalue weighted by atomic mass is 9.87. The van der Waals surface area contributed by atoms with E-state index in [0.717, 1.165) is 52.0 Å². The van der Waals surface area contributed by atoms with Crippen LogP contribution < -0.4 is 0 Å². The first-order valence-corrected chi connectivity index (χ1v) is 9.07. The van der Waals surface area contributed by atoms with E-state index in [0.29, 0.717) is 6.61 Å². The van der Waals surface area contributed by atoms with Crippen LogP contribution in [-0.2, 0) is 11.2 Å². The van der Waals surface area contributed by atoms with Gasteiger partial charge in [0, 0.05) is 32.7 Å². The number of hydrogen-bond donors (Lipinski definition) is 0. The number of benzene rings is 1. The second kappa shape index (κ2) is 7.23. The molecule has 1 aromatic carbocycles. The van der Waals surface area contributed by atoms with Crippen molar-refractivity contribution in [3.63, 3.8) is 0 Å². The van der Waals surface area contributed by atoms with Crippen LogP contribution in [0.1, 0.15) is 32.3 Å². The zero-order valence-electron chi connectivity index (χ0n) is 15.0. The van der Waals surface area contributed by atoms with Gasteiger partial charge in [-0.15, -0.1) is 0 Å². The van der Waals surface area contributed by atoms with Gasteiger partial charge in [-0.2, -0.15) is 0 Å². The monoisotopic (exact) mass is 327 g/mol. The summed E-state index contributed by atoms with van der Waals surface area (Å²) in [6, 6.07) is 10.7. The smallest absolute Gasteiger partial charge is 0.293 e. The summed E-state index contributed by atoms with van der Waals surface area (Å²) in [5, 5.41) is 0. The highest BCUT2D eigenvalue weighted by molar-refractivity contribution is 5.15. The molecule has 4 nitrogen and oxygen atoms in total. The summed E-state index contributed by atoms with van der Waals surface area (Å²) in [6.45, 7) is 18.0. The van der Waals surface area contributed by atoms with Gasteiger partial charge in [-0.1, -0.05) is 30.3 Å². The Labute approximate surface area is 146 Å². The van der Waals surface area contributed by atoms with E-state index in [4.69, 9.17) is 11.3 Å². The molecule has 3 rings (SSSR count). The third kappa shape index (κ3) is 3.97. The SMILES string of the molecule is [C-]#[N+]C1(N2CCN(CCc3ccccc3)CC2)CCOC(C)(C)C1. The largest absolute Gasteiger partial charge is 0.375 e. The van der Waals surface area contributed by atoms with E-state index >= 15 is 0 Å². The molecule has 0 radical (unpaired) electrons.